The van der Waals surface area contributed by atoms with Crippen LogP contribution in [0.2, 0.25) is 0 Å². The van der Waals surface area contributed by atoms with Gasteiger partial charge >= 0.3 is 5.97 Å². The molecule has 0 fully saturated rings. The predicted molar refractivity (Wildman–Crippen MR) is 196 cm³/mol. The average molecular weight is 718 g/mol. The molecule has 0 aliphatic carbocycles. The molecule has 0 aliphatic heterocycles. The molecule has 288 valence electrons. The normalized spacial score (nSPS) is 14.8. The molecule has 1 aromatic rings. The van der Waals surface area contributed by atoms with E-state index in [1.54, 1.807) is 19.3 Å². The maximum absolute atomic E-state index is 13.6. The summed E-state index contributed by atoms with van der Waals surface area (Å²) in [7, 11) is 0. The highest BCUT2D eigenvalue weighted by Gasteiger charge is 2.31. The molecule has 0 aliphatic rings. The summed E-state index contributed by atoms with van der Waals surface area (Å²) in [6, 6.07) is 0.291. The van der Waals surface area contributed by atoms with Crippen LogP contribution in [0.25, 0.3) is 0 Å². The lowest BCUT2D eigenvalue weighted by molar-refractivity contribution is -0.137. The van der Waals surface area contributed by atoms with E-state index in [-0.39, 0.29) is 67.3 Å². The summed E-state index contributed by atoms with van der Waals surface area (Å²) in [6.07, 6.45) is 6.22. The zero-order chi connectivity index (χ0) is 38.5. The van der Waals surface area contributed by atoms with E-state index in [1.165, 1.54) is 0 Å². The van der Waals surface area contributed by atoms with Crippen LogP contribution in [0.1, 0.15) is 106 Å². The molecule has 51 heavy (non-hydrogen) atoms. The summed E-state index contributed by atoms with van der Waals surface area (Å²) in [4.78, 5) is 80.5. The zero-order valence-electron chi connectivity index (χ0n) is 31.8. The maximum atomic E-state index is 13.6. The van der Waals surface area contributed by atoms with Gasteiger partial charge in [0.25, 0.3) is 0 Å². The van der Waals surface area contributed by atoms with Crippen LogP contribution in [0.4, 0.5) is 0 Å². The van der Waals surface area contributed by atoms with Crippen LogP contribution in [0.5, 0.6) is 0 Å². The first-order valence-corrected chi connectivity index (χ1v) is 18.4. The number of carboxylic acid groups (broad SMARTS) is 1. The van der Waals surface area contributed by atoms with E-state index in [1.807, 2.05) is 60.6 Å². The Hall–Kier alpha value is -4.07. The number of carbonyl (C=O) groups is 6. The van der Waals surface area contributed by atoms with Crippen molar-refractivity contribution in [2.24, 2.45) is 17.8 Å². The van der Waals surface area contributed by atoms with Crippen molar-refractivity contribution in [2.45, 2.75) is 137 Å². The van der Waals surface area contributed by atoms with Gasteiger partial charge in [-0.15, -0.1) is 0 Å². The average Bonchev–Trinajstić information content (AvgIpc) is 3.07. The summed E-state index contributed by atoms with van der Waals surface area (Å²) in [5.41, 5.74) is 1.05. The standard InChI is InChI=1S/C37H63N7O7/c1-9-12-29(42-37(51)33(25(7)10-2)43-30(45)13-11-14-31(46)47)35(49)41-28(21-23(3)4)22-40-26(8)34(48)44-32(24(5)6)36(50)39-20-17-27-15-18-38-19-16-27/h15-16,18-19,23-26,28-29,32-33,40H,9-14,17,20-22H2,1-8H3,(H,39,50)(H,41,49)(H,42,51)(H,43,45)(H,44,48)(H,46,47)/t25-,26-,28-,29-,32?,33-/m0/s1. The highest BCUT2D eigenvalue weighted by Crippen LogP contribution is 2.12. The maximum Gasteiger partial charge on any atom is 0.303 e. The molecule has 1 aromatic heterocycles. The summed E-state index contributed by atoms with van der Waals surface area (Å²) in [6.45, 7) is 15.8. The lowest BCUT2D eigenvalue weighted by Gasteiger charge is -2.29. The van der Waals surface area contributed by atoms with Gasteiger partial charge in [-0.05, 0) is 68.1 Å². The highest BCUT2D eigenvalue weighted by atomic mass is 16.4. The van der Waals surface area contributed by atoms with Gasteiger partial charge in [-0.25, -0.2) is 0 Å². The predicted octanol–water partition coefficient (Wildman–Crippen LogP) is 2.46. The van der Waals surface area contributed by atoms with Crippen molar-refractivity contribution in [2.75, 3.05) is 13.1 Å². The van der Waals surface area contributed by atoms with Crippen molar-refractivity contribution >= 4 is 35.5 Å². The minimum atomic E-state index is -0.996. The van der Waals surface area contributed by atoms with Crippen molar-refractivity contribution in [3.05, 3.63) is 30.1 Å². The van der Waals surface area contributed by atoms with Gasteiger partial charge < -0.3 is 37.0 Å². The van der Waals surface area contributed by atoms with Gasteiger partial charge in [0.1, 0.15) is 18.1 Å². The Bertz CT molecular complexity index is 1240. The molecule has 1 rings (SSSR count). The molecule has 1 heterocycles. The molecule has 7 N–H and O–H groups in total. The van der Waals surface area contributed by atoms with E-state index in [4.69, 9.17) is 5.11 Å². The molecule has 0 bridgehead atoms. The molecule has 6 atom stereocenters. The van der Waals surface area contributed by atoms with E-state index in [2.05, 4.69) is 36.9 Å². The summed E-state index contributed by atoms with van der Waals surface area (Å²) < 4.78 is 0. The Morgan fingerprint density at radius 3 is 2.02 bits per heavy atom. The van der Waals surface area contributed by atoms with Crippen LogP contribution in [-0.4, -0.2) is 88.9 Å². The number of nitrogens with zero attached hydrogens (tertiary/aromatic N) is 1. The Kier molecular flexibility index (Phi) is 21.3. The number of hydrogen-bond acceptors (Lipinski definition) is 8. The molecule has 0 spiro atoms. The smallest absolute Gasteiger partial charge is 0.303 e. The Morgan fingerprint density at radius 2 is 1.45 bits per heavy atom. The second-order valence-corrected chi connectivity index (χ2v) is 14.1. The molecular weight excluding hydrogens is 654 g/mol. The van der Waals surface area contributed by atoms with E-state index in [9.17, 15) is 28.8 Å². The minimum absolute atomic E-state index is 0.0238. The molecule has 1 unspecified atom stereocenters. The second kappa shape index (κ2) is 24.2. The highest BCUT2D eigenvalue weighted by molar-refractivity contribution is 5.92. The van der Waals surface area contributed by atoms with Crippen molar-refractivity contribution in [1.82, 2.24) is 36.9 Å². The Balaban J connectivity index is 2.86. The first-order valence-electron chi connectivity index (χ1n) is 18.4. The summed E-state index contributed by atoms with van der Waals surface area (Å²) in [5, 5.41) is 26.5. The lowest BCUT2D eigenvalue weighted by Crippen LogP contribution is -2.58. The third-order valence-corrected chi connectivity index (χ3v) is 8.69. The molecule has 14 nitrogen and oxygen atoms in total. The number of pyridine rings is 1. The minimum Gasteiger partial charge on any atom is -0.481 e. The summed E-state index contributed by atoms with van der Waals surface area (Å²) >= 11 is 0. The quantitative estimate of drug-likeness (QED) is 0.0792. The van der Waals surface area contributed by atoms with Gasteiger partial charge in [0.2, 0.25) is 29.5 Å². The van der Waals surface area contributed by atoms with E-state index in [0.717, 1.165) is 5.56 Å². The van der Waals surface area contributed by atoms with E-state index >= 15 is 0 Å². The SMILES string of the molecule is CCC[C@H](NC(=O)[C@@H](NC(=O)CCCC(=O)O)[C@@H](C)CC)C(=O)N[C@H](CN[C@@H](C)C(=O)NC(C(=O)NCCc1ccncc1)C(C)C)CC(C)C. The van der Waals surface area contributed by atoms with Gasteiger partial charge in [0.15, 0.2) is 0 Å². The molecule has 0 radical (unpaired) electrons. The fourth-order valence-corrected chi connectivity index (χ4v) is 5.45. The van der Waals surface area contributed by atoms with Crippen molar-refractivity contribution in [3.63, 3.8) is 0 Å². The Morgan fingerprint density at radius 1 is 0.784 bits per heavy atom. The number of aliphatic carboxylic acids is 1. The van der Waals surface area contributed by atoms with Crippen LogP contribution in [0, 0.1) is 17.8 Å². The largest absolute Gasteiger partial charge is 0.481 e. The molecule has 14 heteroatoms. The van der Waals surface area contributed by atoms with Crippen molar-refractivity contribution in [1.29, 1.82) is 0 Å². The molecule has 0 saturated carbocycles. The third kappa shape index (κ3) is 18.1. The van der Waals surface area contributed by atoms with Crippen LogP contribution >= 0.6 is 0 Å². The molecular formula is C37H63N7O7. The van der Waals surface area contributed by atoms with E-state index in [0.29, 0.717) is 38.6 Å². The fourth-order valence-electron chi connectivity index (χ4n) is 5.45. The van der Waals surface area contributed by atoms with Gasteiger partial charge in [-0.2, -0.15) is 0 Å². The second-order valence-electron chi connectivity index (χ2n) is 14.1. The first kappa shape index (κ1) is 45.0. The Labute approximate surface area is 303 Å². The number of carboxylic acids is 1. The first-order chi connectivity index (χ1) is 24.1. The number of aromatic nitrogens is 1. The van der Waals surface area contributed by atoms with Crippen LogP contribution in [0.15, 0.2) is 24.5 Å². The van der Waals surface area contributed by atoms with Gasteiger partial charge in [0.05, 0.1) is 6.04 Å². The third-order valence-electron chi connectivity index (χ3n) is 8.69. The van der Waals surface area contributed by atoms with E-state index < -0.39 is 42.0 Å². The topological polar surface area (TPSA) is 208 Å². The number of hydrogen-bond donors (Lipinski definition) is 7. The lowest BCUT2D eigenvalue weighted by atomic mass is 9.97. The molecule has 0 saturated heterocycles. The van der Waals surface area contributed by atoms with Crippen LogP contribution in [-0.2, 0) is 35.2 Å². The summed E-state index contributed by atoms with van der Waals surface area (Å²) in [5.74, 6) is -3.02. The molecule has 5 amide bonds. The number of amides is 5. The van der Waals surface area contributed by atoms with Gasteiger partial charge in [-0.3, -0.25) is 33.8 Å². The number of nitrogens with one attached hydrogen (secondary N) is 6. The zero-order valence-corrected chi connectivity index (χ0v) is 31.8. The number of rotatable bonds is 25. The number of carbonyl (C=O) groups excluding carboxylic acids is 5. The fraction of sp³-hybridized carbons (Fsp3) is 0.703. The molecule has 0 aromatic carbocycles. The van der Waals surface area contributed by atoms with Crippen molar-refractivity contribution < 1.29 is 33.9 Å². The van der Waals surface area contributed by atoms with Gasteiger partial charge in [-0.1, -0.05) is 61.3 Å². The van der Waals surface area contributed by atoms with Crippen LogP contribution < -0.4 is 31.9 Å². The van der Waals surface area contributed by atoms with Crippen LogP contribution in [0.3, 0.4) is 0 Å². The van der Waals surface area contributed by atoms with Gasteiger partial charge in [0, 0.05) is 44.4 Å². The van der Waals surface area contributed by atoms with Crippen molar-refractivity contribution in [3.8, 4) is 0 Å². The monoisotopic (exact) mass is 717 g/mol.